The summed E-state index contributed by atoms with van der Waals surface area (Å²) in [5.41, 5.74) is 8.41. The molecular formula is C20H21N3O2. The normalized spacial score (nSPS) is 12.0. The number of nitrogens with one attached hydrogen (secondary N) is 2. The third-order valence-electron chi connectivity index (χ3n) is 4.25. The maximum atomic E-state index is 12.2. The van der Waals surface area contributed by atoms with E-state index in [9.17, 15) is 9.59 Å². The molecule has 0 spiro atoms. The van der Waals surface area contributed by atoms with E-state index < -0.39 is 11.9 Å². The van der Waals surface area contributed by atoms with Gasteiger partial charge in [0.25, 0.3) is 0 Å². The highest BCUT2D eigenvalue weighted by Gasteiger charge is 2.19. The zero-order valence-electron chi connectivity index (χ0n) is 13.9. The van der Waals surface area contributed by atoms with Gasteiger partial charge in [-0.3, -0.25) is 9.59 Å². The van der Waals surface area contributed by atoms with Gasteiger partial charge >= 0.3 is 0 Å². The number of aryl methyl sites for hydroxylation is 1. The van der Waals surface area contributed by atoms with Crippen molar-refractivity contribution in [3.05, 3.63) is 71.9 Å². The van der Waals surface area contributed by atoms with E-state index in [4.69, 9.17) is 5.73 Å². The summed E-state index contributed by atoms with van der Waals surface area (Å²) in [5, 5.41) is 3.91. The number of para-hydroxylation sites is 1. The van der Waals surface area contributed by atoms with Crippen LogP contribution in [0.25, 0.3) is 10.9 Å². The van der Waals surface area contributed by atoms with Crippen LogP contribution in [0.2, 0.25) is 0 Å². The third-order valence-corrected chi connectivity index (χ3v) is 4.25. The molecule has 3 aromatic rings. The molecule has 0 bridgehead atoms. The smallest absolute Gasteiger partial charge is 0.244 e. The van der Waals surface area contributed by atoms with Gasteiger partial charge in [0.1, 0.15) is 6.04 Å². The molecule has 0 fully saturated rings. The molecule has 0 saturated carbocycles. The topological polar surface area (TPSA) is 88.0 Å². The van der Waals surface area contributed by atoms with Gasteiger partial charge in [-0.25, -0.2) is 0 Å². The number of aromatic nitrogens is 1. The molecule has 0 saturated heterocycles. The van der Waals surface area contributed by atoms with Crippen LogP contribution in [0.5, 0.6) is 0 Å². The lowest BCUT2D eigenvalue weighted by molar-refractivity contribution is -0.127. The number of hydrogen-bond donors (Lipinski definition) is 3. The van der Waals surface area contributed by atoms with Crippen LogP contribution >= 0.6 is 0 Å². The second-order valence-corrected chi connectivity index (χ2v) is 6.03. The number of primary amides is 1. The summed E-state index contributed by atoms with van der Waals surface area (Å²) in [7, 11) is 0. The quantitative estimate of drug-likeness (QED) is 0.620. The van der Waals surface area contributed by atoms with Crippen molar-refractivity contribution in [3.63, 3.8) is 0 Å². The van der Waals surface area contributed by atoms with Crippen molar-refractivity contribution in [2.75, 3.05) is 0 Å². The molecule has 4 N–H and O–H groups in total. The third kappa shape index (κ3) is 4.07. The molecule has 0 unspecified atom stereocenters. The van der Waals surface area contributed by atoms with Crippen LogP contribution in [-0.4, -0.2) is 16.8 Å². The molecule has 5 nitrogen and oxygen atoms in total. The maximum absolute atomic E-state index is 12.2. The van der Waals surface area contributed by atoms with Crippen molar-refractivity contribution in [2.24, 2.45) is 5.73 Å². The summed E-state index contributed by atoms with van der Waals surface area (Å²) < 4.78 is 0. The lowest BCUT2D eigenvalue weighted by atomic mass is 10.0. The van der Waals surface area contributed by atoms with Gasteiger partial charge in [0.15, 0.2) is 0 Å². The van der Waals surface area contributed by atoms with Crippen LogP contribution in [0, 0.1) is 0 Å². The van der Waals surface area contributed by atoms with E-state index in [2.05, 4.69) is 16.4 Å². The predicted octanol–water partition coefficient (Wildman–Crippen LogP) is 2.83. The Labute approximate surface area is 146 Å². The van der Waals surface area contributed by atoms with E-state index in [1.165, 1.54) is 10.9 Å². The number of nitrogens with two attached hydrogens (primary N) is 1. The Kier molecular flexibility index (Phi) is 5.14. The van der Waals surface area contributed by atoms with E-state index in [-0.39, 0.29) is 5.91 Å². The van der Waals surface area contributed by atoms with E-state index in [0.717, 1.165) is 11.9 Å². The summed E-state index contributed by atoms with van der Waals surface area (Å²) in [6.07, 6.45) is 3.83. The maximum Gasteiger partial charge on any atom is 0.244 e. The summed E-state index contributed by atoms with van der Waals surface area (Å²) >= 11 is 0. The lowest BCUT2D eigenvalue weighted by Crippen LogP contribution is -2.37. The van der Waals surface area contributed by atoms with E-state index in [1.54, 1.807) is 12.1 Å². The number of hydrogen-bond acceptors (Lipinski definition) is 2. The molecule has 128 valence electrons. The number of rotatable bonds is 7. The van der Waals surface area contributed by atoms with Gasteiger partial charge in [-0.05, 0) is 30.0 Å². The summed E-state index contributed by atoms with van der Waals surface area (Å²) in [6.45, 7) is 0. The first kappa shape index (κ1) is 16.8. The molecule has 0 aliphatic rings. The summed E-state index contributed by atoms with van der Waals surface area (Å²) in [4.78, 5) is 27.1. The van der Waals surface area contributed by atoms with E-state index in [1.807, 2.05) is 42.6 Å². The minimum Gasteiger partial charge on any atom is -0.368 e. The molecule has 1 atom stereocenters. The van der Waals surface area contributed by atoms with Crippen molar-refractivity contribution < 1.29 is 9.59 Å². The average Bonchev–Trinajstić information content (AvgIpc) is 3.03. The number of amides is 2. The largest absolute Gasteiger partial charge is 0.368 e. The second kappa shape index (κ2) is 7.66. The zero-order valence-corrected chi connectivity index (χ0v) is 13.9. The van der Waals surface area contributed by atoms with Crippen molar-refractivity contribution in [2.45, 2.75) is 25.3 Å². The van der Waals surface area contributed by atoms with Crippen LogP contribution in [0.4, 0.5) is 0 Å². The number of benzene rings is 2. The fourth-order valence-corrected chi connectivity index (χ4v) is 2.98. The fourth-order valence-electron chi connectivity index (χ4n) is 2.98. The second-order valence-electron chi connectivity index (χ2n) is 6.03. The number of fused-ring (bicyclic) bond motifs is 1. The number of H-pyrrole nitrogens is 1. The first-order valence-corrected chi connectivity index (χ1v) is 8.34. The molecule has 0 radical (unpaired) electrons. The molecule has 25 heavy (non-hydrogen) atoms. The number of aromatic amines is 1. The van der Waals surface area contributed by atoms with Crippen LogP contribution in [-0.2, 0) is 16.0 Å². The standard InChI is InChI=1S/C20H21N3O2/c21-20(25)19(14-7-2-1-3-8-14)23-18(24)12-6-9-15-13-22-17-11-5-4-10-16(15)17/h1-5,7-8,10-11,13,19,22H,6,9,12H2,(H2,21,25)(H,23,24)/t19-/m1/s1. The minimum atomic E-state index is -0.790. The first-order valence-electron chi connectivity index (χ1n) is 8.34. The Bertz CT molecular complexity index is 871. The molecule has 2 amide bonds. The molecule has 1 heterocycles. The molecule has 5 heteroatoms. The molecular weight excluding hydrogens is 314 g/mol. The monoisotopic (exact) mass is 335 g/mol. The van der Waals surface area contributed by atoms with Crippen molar-refractivity contribution in [1.82, 2.24) is 10.3 Å². The van der Waals surface area contributed by atoms with Gasteiger partial charge in [0, 0.05) is 23.5 Å². The number of carbonyl (C=O) groups is 2. The van der Waals surface area contributed by atoms with Crippen LogP contribution < -0.4 is 11.1 Å². The van der Waals surface area contributed by atoms with Crippen LogP contribution in [0.15, 0.2) is 60.8 Å². The van der Waals surface area contributed by atoms with Gasteiger partial charge in [-0.2, -0.15) is 0 Å². The van der Waals surface area contributed by atoms with Crippen molar-refractivity contribution in [3.8, 4) is 0 Å². The van der Waals surface area contributed by atoms with Gasteiger partial charge in [0.2, 0.25) is 11.8 Å². The summed E-state index contributed by atoms with van der Waals surface area (Å²) in [5.74, 6) is -0.733. The molecule has 0 aliphatic heterocycles. The fraction of sp³-hybridized carbons (Fsp3) is 0.200. The Morgan fingerprint density at radius 3 is 2.52 bits per heavy atom. The minimum absolute atomic E-state index is 0.174. The van der Waals surface area contributed by atoms with Crippen molar-refractivity contribution in [1.29, 1.82) is 0 Å². The van der Waals surface area contributed by atoms with E-state index in [0.29, 0.717) is 18.4 Å². The van der Waals surface area contributed by atoms with Gasteiger partial charge in [-0.15, -0.1) is 0 Å². The molecule has 2 aromatic carbocycles. The number of carbonyl (C=O) groups excluding carboxylic acids is 2. The highest BCUT2D eigenvalue weighted by Crippen LogP contribution is 2.19. The highest BCUT2D eigenvalue weighted by molar-refractivity contribution is 5.87. The lowest BCUT2D eigenvalue weighted by Gasteiger charge is -2.15. The zero-order chi connectivity index (χ0) is 17.6. The van der Waals surface area contributed by atoms with Gasteiger partial charge in [-0.1, -0.05) is 48.5 Å². The first-order chi connectivity index (χ1) is 12.1. The van der Waals surface area contributed by atoms with Gasteiger partial charge in [0.05, 0.1) is 0 Å². The van der Waals surface area contributed by atoms with Crippen molar-refractivity contribution >= 4 is 22.7 Å². The molecule has 0 aliphatic carbocycles. The molecule has 1 aromatic heterocycles. The summed E-state index contributed by atoms with van der Waals surface area (Å²) in [6, 6.07) is 16.3. The SMILES string of the molecule is NC(=O)[C@H](NC(=O)CCCc1c[nH]c2ccccc12)c1ccccc1. The van der Waals surface area contributed by atoms with Crippen LogP contribution in [0.3, 0.4) is 0 Å². The Balaban J connectivity index is 1.56. The Hall–Kier alpha value is -3.08. The Morgan fingerprint density at radius 2 is 1.76 bits per heavy atom. The molecule has 3 rings (SSSR count). The Morgan fingerprint density at radius 1 is 1.04 bits per heavy atom. The average molecular weight is 335 g/mol. The van der Waals surface area contributed by atoms with Crippen LogP contribution in [0.1, 0.15) is 30.0 Å². The van der Waals surface area contributed by atoms with E-state index >= 15 is 0 Å². The van der Waals surface area contributed by atoms with Gasteiger partial charge < -0.3 is 16.0 Å². The highest BCUT2D eigenvalue weighted by atomic mass is 16.2. The predicted molar refractivity (Wildman–Crippen MR) is 97.8 cm³/mol.